The van der Waals surface area contributed by atoms with E-state index in [2.05, 4.69) is 47.8 Å². The van der Waals surface area contributed by atoms with Gasteiger partial charge in [-0.15, -0.1) is 0 Å². The molecule has 1 heterocycles. The Morgan fingerprint density at radius 1 is 1.28 bits per heavy atom. The van der Waals surface area contributed by atoms with Gasteiger partial charge in [-0.25, -0.2) is 0 Å². The summed E-state index contributed by atoms with van der Waals surface area (Å²) in [6.07, 6.45) is 3.63. The van der Waals surface area contributed by atoms with Gasteiger partial charge in [0.25, 0.3) is 0 Å². The highest BCUT2D eigenvalue weighted by molar-refractivity contribution is 7.07. The Labute approximate surface area is 116 Å². The lowest BCUT2D eigenvalue weighted by Gasteiger charge is -2.23. The van der Waals surface area contributed by atoms with E-state index in [0.717, 1.165) is 19.6 Å². The minimum atomic E-state index is 0.625. The topological polar surface area (TPSA) is 15.3 Å². The maximum absolute atomic E-state index is 3.69. The predicted octanol–water partition coefficient (Wildman–Crippen LogP) is 3.39. The Morgan fingerprint density at radius 3 is 2.61 bits per heavy atom. The number of hydrogen-bond acceptors (Lipinski definition) is 3. The van der Waals surface area contributed by atoms with Crippen LogP contribution in [0, 0.1) is 0 Å². The van der Waals surface area contributed by atoms with E-state index in [1.165, 1.54) is 31.4 Å². The fraction of sp³-hybridized carbons (Fsp3) is 0.733. The van der Waals surface area contributed by atoms with Gasteiger partial charge >= 0.3 is 0 Å². The molecule has 0 aliphatic rings. The van der Waals surface area contributed by atoms with Gasteiger partial charge in [0.2, 0.25) is 0 Å². The Bertz CT molecular complexity index is 281. The van der Waals surface area contributed by atoms with Gasteiger partial charge in [0.15, 0.2) is 0 Å². The third-order valence-electron chi connectivity index (χ3n) is 3.43. The Morgan fingerprint density at radius 2 is 2.06 bits per heavy atom. The molecule has 0 saturated heterocycles. The number of nitrogens with one attached hydrogen (secondary N) is 1. The van der Waals surface area contributed by atoms with Crippen molar-refractivity contribution in [3.63, 3.8) is 0 Å². The summed E-state index contributed by atoms with van der Waals surface area (Å²) >= 11 is 1.80. The van der Waals surface area contributed by atoms with Gasteiger partial charge in [-0.05, 0) is 67.8 Å². The van der Waals surface area contributed by atoms with Crippen molar-refractivity contribution in [3.8, 4) is 0 Å². The molecule has 0 aliphatic heterocycles. The molecule has 1 atom stereocenters. The number of thiophene rings is 1. The lowest BCUT2D eigenvalue weighted by atomic mass is 10.1. The monoisotopic (exact) mass is 268 g/mol. The first-order valence-corrected chi connectivity index (χ1v) is 8.21. The van der Waals surface area contributed by atoms with Crippen molar-refractivity contribution < 1.29 is 0 Å². The SMILES string of the molecule is CCCNC(CCN(CC)CC)Cc1ccsc1. The van der Waals surface area contributed by atoms with Crippen LogP contribution >= 0.6 is 11.3 Å². The minimum absolute atomic E-state index is 0.625. The maximum Gasteiger partial charge on any atom is 0.0120 e. The van der Waals surface area contributed by atoms with Crippen LogP contribution in [0.1, 0.15) is 39.2 Å². The molecule has 0 fully saturated rings. The highest BCUT2D eigenvalue weighted by atomic mass is 32.1. The van der Waals surface area contributed by atoms with Crippen LogP contribution in [0.3, 0.4) is 0 Å². The Balaban J connectivity index is 2.39. The molecule has 0 saturated carbocycles. The second-order valence-corrected chi connectivity index (χ2v) is 5.58. The standard InChI is InChI=1S/C15H28N2S/c1-4-9-16-15(7-10-17(5-2)6-3)12-14-8-11-18-13-14/h8,11,13,15-16H,4-7,9-10,12H2,1-3H3. The smallest absolute Gasteiger partial charge is 0.0120 e. The molecule has 0 bridgehead atoms. The molecule has 0 amide bonds. The molecule has 0 aliphatic carbocycles. The zero-order valence-corrected chi connectivity index (χ0v) is 12.9. The zero-order valence-electron chi connectivity index (χ0n) is 12.1. The number of rotatable bonds is 10. The van der Waals surface area contributed by atoms with Crippen molar-refractivity contribution in [1.82, 2.24) is 10.2 Å². The summed E-state index contributed by atoms with van der Waals surface area (Å²) in [6.45, 7) is 11.4. The molecule has 1 aromatic rings. The molecule has 1 rings (SSSR count). The van der Waals surface area contributed by atoms with Gasteiger partial charge in [0.1, 0.15) is 0 Å². The third kappa shape index (κ3) is 5.98. The second kappa shape index (κ2) is 9.54. The molecule has 1 unspecified atom stereocenters. The Kier molecular flexibility index (Phi) is 8.31. The molecule has 104 valence electrons. The highest BCUT2D eigenvalue weighted by Gasteiger charge is 2.10. The second-order valence-electron chi connectivity index (χ2n) is 4.80. The molecule has 2 nitrogen and oxygen atoms in total. The van der Waals surface area contributed by atoms with Crippen molar-refractivity contribution in [1.29, 1.82) is 0 Å². The van der Waals surface area contributed by atoms with Crippen molar-refractivity contribution in [3.05, 3.63) is 22.4 Å². The summed E-state index contributed by atoms with van der Waals surface area (Å²) in [4.78, 5) is 2.51. The molecule has 0 aromatic carbocycles. The fourth-order valence-electron chi connectivity index (χ4n) is 2.20. The van der Waals surface area contributed by atoms with E-state index in [9.17, 15) is 0 Å². The normalized spacial score (nSPS) is 13.1. The van der Waals surface area contributed by atoms with Gasteiger partial charge in [0.05, 0.1) is 0 Å². The first-order chi connectivity index (χ1) is 8.80. The summed E-state index contributed by atoms with van der Waals surface area (Å²) in [5, 5.41) is 8.14. The van der Waals surface area contributed by atoms with Crippen LogP contribution in [-0.2, 0) is 6.42 Å². The van der Waals surface area contributed by atoms with Crippen LogP contribution in [0.15, 0.2) is 16.8 Å². The molecule has 0 spiro atoms. The van der Waals surface area contributed by atoms with Gasteiger partial charge < -0.3 is 10.2 Å². The predicted molar refractivity (Wildman–Crippen MR) is 82.5 cm³/mol. The summed E-state index contributed by atoms with van der Waals surface area (Å²) in [5.41, 5.74) is 1.48. The van der Waals surface area contributed by atoms with Gasteiger partial charge in [0, 0.05) is 6.04 Å². The number of nitrogens with zero attached hydrogens (tertiary/aromatic N) is 1. The van der Waals surface area contributed by atoms with E-state index in [0.29, 0.717) is 6.04 Å². The van der Waals surface area contributed by atoms with E-state index in [1.807, 2.05) is 0 Å². The van der Waals surface area contributed by atoms with Crippen LogP contribution in [0.5, 0.6) is 0 Å². The van der Waals surface area contributed by atoms with Crippen LogP contribution in [0.2, 0.25) is 0 Å². The molecule has 1 N–H and O–H groups in total. The molecule has 0 radical (unpaired) electrons. The molecule has 3 heteroatoms. The van der Waals surface area contributed by atoms with E-state index in [4.69, 9.17) is 0 Å². The van der Waals surface area contributed by atoms with E-state index < -0.39 is 0 Å². The average molecular weight is 268 g/mol. The fourth-order valence-corrected chi connectivity index (χ4v) is 2.88. The summed E-state index contributed by atoms with van der Waals surface area (Å²) in [7, 11) is 0. The van der Waals surface area contributed by atoms with Crippen LogP contribution in [0.25, 0.3) is 0 Å². The van der Waals surface area contributed by atoms with E-state index >= 15 is 0 Å². The van der Waals surface area contributed by atoms with Crippen LogP contribution in [0.4, 0.5) is 0 Å². The first kappa shape index (κ1) is 15.7. The lowest BCUT2D eigenvalue weighted by molar-refractivity contribution is 0.280. The van der Waals surface area contributed by atoms with Crippen molar-refractivity contribution in [2.24, 2.45) is 0 Å². The van der Waals surface area contributed by atoms with Crippen molar-refractivity contribution in [2.45, 2.75) is 46.1 Å². The van der Waals surface area contributed by atoms with Crippen LogP contribution < -0.4 is 5.32 Å². The Hall–Kier alpha value is -0.380. The van der Waals surface area contributed by atoms with Crippen molar-refractivity contribution >= 4 is 11.3 Å². The first-order valence-electron chi connectivity index (χ1n) is 7.26. The van der Waals surface area contributed by atoms with Gasteiger partial charge in [-0.2, -0.15) is 11.3 Å². The van der Waals surface area contributed by atoms with Crippen molar-refractivity contribution in [2.75, 3.05) is 26.2 Å². The van der Waals surface area contributed by atoms with E-state index in [1.54, 1.807) is 11.3 Å². The van der Waals surface area contributed by atoms with Gasteiger partial charge in [-0.1, -0.05) is 20.8 Å². The number of hydrogen-bond donors (Lipinski definition) is 1. The zero-order chi connectivity index (χ0) is 13.2. The molecular weight excluding hydrogens is 240 g/mol. The third-order valence-corrected chi connectivity index (χ3v) is 4.17. The highest BCUT2D eigenvalue weighted by Crippen LogP contribution is 2.11. The minimum Gasteiger partial charge on any atom is -0.314 e. The molecular formula is C15H28N2S. The largest absolute Gasteiger partial charge is 0.314 e. The van der Waals surface area contributed by atoms with E-state index in [-0.39, 0.29) is 0 Å². The molecule has 1 aromatic heterocycles. The average Bonchev–Trinajstić information content (AvgIpc) is 2.89. The van der Waals surface area contributed by atoms with Crippen LogP contribution in [-0.4, -0.2) is 37.1 Å². The summed E-state index contributed by atoms with van der Waals surface area (Å²) < 4.78 is 0. The maximum atomic E-state index is 3.69. The summed E-state index contributed by atoms with van der Waals surface area (Å²) in [5.74, 6) is 0. The molecule has 18 heavy (non-hydrogen) atoms. The van der Waals surface area contributed by atoms with Gasteiger partial charge in [-0.3, -0.25) is 0 Å². The summed E-state index contributed by atoms with van der Waals surface area (Å²) in [6, 6.07) is 2.88. The quantitative estimate of drug-likeness (QED) is 0.700. The lowest BCUT2D eigenvalue weighted by Crippen LogP contribution is -2.36.